The van der Waals surface area contributed by atoms with Crippen molar-refractivity contribution in [2.24, 2.45) is 10.8 Å². The first kappa shape index (κ1) is 14.7. The fourth-order valence-electron chi connectivity index (χ4n) is 1.53. The number of hydrazone groups is 1. The smallest absolute Gasteiger partial charge is 0.346 e. The van der Waals surface area contributed by atoms with E-state index in [2.05, 4.69) is 5.10 Å². The zero-order chi connectivity index (χ0) is 14.6. The molecule has 1 rings (SSSR count). The summed E-state index contributed by atoms with van der Waals surface area (Å²) in [6.07, 6.45) is 1.14. The van der Waals surface area contributed by atoms with Gasteiger partial charge in [-0.3, -0.25) is 0 Å². The summed E-state index contributed by atoms with van der Waals surface area (Å²) < 4.78 is 9.83. The van der Waals surface area contributed by atoms with Gasteiger partial charge in [-0.15, -0.1) is 0 Å². The number of amides is 2. The Hall–Kier alpha value is -2.38. The zero-order valence-electron chi connectivity index (χ0n) is 10.9. The van der Waals surface area contributed by atoms with Crippen molar-refractivity contribution in [2.75, 3.05) is 6.61 Å². The third kappa shape index (κ3) is 3.30. The number of nitrogens with zero attached hydrogens (tertiary/aromatic N) is 1. The van der Waals surface area contributed by atoms with Gasteiger partial charge >= 0.3 is 18.0 Å². The third-order valence-electron chi connectivity index (χ3n) is 2.32. The number of carbonyl (C=O) groups excluding carboxylic acids is 3. The van der Waals surface area contributed by atoms with Crippen LogP contribution in [-0.4, -0.2) is 36.4 Å². The van der Waals surface area contributed by atoms with E-state index < -0.39 is 23.6 Å². The van der Waals surface area contributed by atoms with Crippen LogP contribution in [0.3, 0.4) is 0 Å². The van der Waals surface area contributed by atoms with Crippen molar-refractivity contribution >= 4 is 24.2 Å². The van der Waals surface area contributed by atoms with E-state index in [1.807, 2.05) is 5.43 Å². The van der Waals surface area contributed by atoms with Crippen molar-refractivity contribution < 1.29 is 23.9 Å². The Morgan fingerprint density at radius 3 is 2.68 bits per heavy atom. The number of ether oxygens (including phenoxy) is 2. The third-order valence-corrected chi connectivity index (χ3v) is 2.32. The first-order valence-corrected chi connectivity index (χ1v) is 5.53. The Morgan fingerprint density at radius 2 is 2.16 bits per heavy atom. The first-order chi connectivity index (χ1) is 8.79. The van der Waals surface area contributed by atoms with E-state index in [0.717, 1.165) is 6.21 Å². The van der Waals surface area contributed by atoms with Crippen LogP contribution in [0.1, 0.15) is 20.8 Å². The average molecular weight is 269 g/mol. The molecule has 19 heavy (non-hydrogen) atoms. The maximum Gasteiger partial charge on any atom is 0.346 e. The summed E-state index contributed by atoms with van der Waals surface area (Å²) in [5.41, 5.74) is 5.75. The molecule has 0 fully saturated rings. The van der Waals surface area contributed by atoms with Crippen molar-refractivity contribution in [3.8, 4) is 0 Å². The average Bonchev–Trinajstić information content (AvgIpc) is 2.48. The molecule has 0 radical (unpaired) electrons. The second kappa shape index (κ2) is 5.51. The molecule has 0 unspecified atom stereocenters. The predicted octanol–water partition coefficient (Wildman–Crippen LogP) is -0.164. The Bertz CT molecular complexity index is 479. The molecule has 0 saturated heterocycles. The van der Waals surface area contributed by atoms with E-state index >= 15 is 0 Å². The molecule has 1 heterocycles. The molecule has 0 aromatic heterocycles. The summed E-state index contributed by atoms with van der Waals surface area (Å²) >= 11 is 0. The monoisotopic (exact) mass is 269 g/mol. The molecular formula is C11H15N3O5. The highest BCUT2D eigenvalue weighted by Crippen LogP contribution is 2.31. The Morgan fingerprint density at radius 1 is 1.53 bits per heavy atom. The quantitative estimate of drug-likeness (QED) is 0.318. The number of primary amides is 1. The van der Waals surface area contributed by atoms with Gasteiger partial charge in [-0.2, -0.15) is 5.10 Å². The van der Waals surface area contributed by atoms with Crippen molar-refractivity contribution in [2.45, 2.75) is 26.4 Å². The number of cyclic esters (lactones) is 1. The number of nitrogens with two attached hydrogens (primary N) is 1. The highest BCUT2D eigenvalue weighted by Gasteiger charge is 2.43. The molecule has 0 spiro atoms. The molecule has 0 aromatic rings. The maximum absolute atomic E-state index is 11.7. The summed E-state index contributed by atoms with van der Waals surface area (Å²) in [4.78, 5) is 33.9. The van der Waals surface area contributed by atoms with Gasteiger partial charge in [0.25, 0.3) is 0 Å². The SMILES string of the molecule is CCOC(=O)C1=C(C=NNC(N)=O)C(C)(C)OC1=O. The van der Waals surface area contributed by atoms with Crippen LogP contribution >= 0.6 is 0 Å². The largest absolute Gasteiger partial charge is 0.462 e. The topological polar surface area (TPSA) is 120 Å². The summed E-state index contributed by atoms with van der Waals surface area (Å²) in [6, 6.07) is -0.863. The van der Waals surface area contributed by atoms with Crippen LogP contribution < -0.4 is 11.2 Å². The van der Waals surface area contributed by atoms with E-state index in [1.165, 1.54) is 0 Å². The van der Waals surface area contributed by atoms with Gasteiger partial charge in [0.2, 0.25) is 0 Å². The number of urea groups is 1. The lowest BCUT2D eigenvalue weighted by atomic mass is 9.97. The Balaban J connectivity index is 3.12. The lowest BCUT2D eigenvalue weighted by Gasteiger charge is -2.18. The number of nitrogens with one attached hydrogen (secondary N) is 1. The number of hydrogen-bond donors (Lipinski definition) is 2. The number of hydrogen-bond acceptors (Lipinski definition) is 6. The molecular weight excluding hydrogens is 254 g/mol. The van der Waals surface area contributed by atoms with Gasteiger partial charge in [0.15, 0.2) is 5.57 Å². The zero-order valence-corrected chi connectivity index (χ0v) is 10.9. The lowest BCUT2D eigenvalue weighted by molar-refractivity contribution is -0.148. The molecule has 8 nitrogen and oxygen atoms in total. The predicted molar refractivity (Wildman–Crippen MR) is 65.0 cm³/mol. The number of esters is 2. The van der Waals surface area contributed by atoms with Crippen molar-refractivity contribution in [1.29, 1.82) is 0 Å². The van der Waals surface area contributed by atoms with Gasteiger partial charge in [0, 0.05) is 5.57 Å². The summed E-state index contributed by atoms with van der Waals surface area (Å²) in [5, 5.41) is 3.53. The van der Waals surface area contributed by atoms with Gasteiger partial charge in [-0.05, 0) is 20.8 Å². The lowest BCUT2D eigenvalue weighted by Crippen LogP contribution is -2.27. The number of rotatable bonds is 4. The van der Waals surface area contributed by atoms with Gasteiger partial charge in [0.1, 0.15) is 5.60 Å². The molecule has 104 valence electrons. The Kier molecular flexibility index (Phi) is 4.26. The van der Waals surface area contributed by atoms with Crippen LogP contribution in [-0.2, 0) is 19.1 Å². The molecule has 1 aliphatic rings. The van der Waals surface area contributed by atoms with Crippen LogP contribution in [0.5, 0.6) is 0 Å². The van der Waals surface area contributed by atoms with Gasteiger partial charge in [-0.1, -0.05) is 0 Å². The molecule has 3 N–H and O–H groups in total. The highest BCUT2D eigenvalue weighted by atomic mass is 16.6. The van der Waals surface area contributed by atoms with Gasteiger partial charge < -0.3 is 15.2 Å². The minimum Gasteiger partial charge on any atom is -0.462 e. The summed E-state index contributed by atoms with van der Waals surface area (Å²) in [7, 11) is 0. The maximum atomic E-state index is 11.7. The Labute approximate surface area is 109 Å². The van der Waals surface area contributed by atoms with E-state index in [4.69, 9.17) is 15.2 Å². The van der Waals surface area contributed by atoms with Crippen molar-refractivity contribution in [3.05, 3.63) is 11.1 Å². The van der Waals surface area contributed by atoms with Gasteiger partial charge in [-0.25, -0.2) is 19.8 Å². The summed E-state index contributed by atoms with van der Waals surface area (Å²) in [5.74, 6) is -1.58. The molecule has 0 atom stereocenters. The van der Waals surface area contributed by atoms with Crippen LogP contribution in [0.25, 0.3) is 0 Å². The summed E-state index contributed by atoms with van der Waals surface area (Å²) in [6.45, 7) is 4.91. The van der Waals surface area contributed by atoms with E-state index in [9.17, 15) is 14.4 Å². The molecule has 1 aliphatic heterocycles. The first-order valence-electron chi connectivity index (χ1n) is 5.53. The van der Waals surface area contributed by atoms with Crippen molar-refractivity contribution in [1.82, 2.24) is 5.43 Å². The molecule has 0 saturated carbocycles. The van der Waals surface area contributed by atoms with E-state index in [1.54, 1.807) is 20.8 Å². The second-order valence-electron chi connectivity index (χ2n) is 4.14. The van der Waals surface area contributed by atoms with Crippen LogP contribution in [0.2, 0.25) is 0 Å². The minimum absolute atomic E-state index is 0.125. The fraction of sp³-hybridized carbons (Fsp3) is 0.455. The van der Waals surface area contributed by atoms with Crippen molar-refractivity contribution in [3.63, 3.8) is 0 Å². The fourth-order valence-corrected chi connectivity index (χ4v) is 1.53. The molecule has 0 aromatic carbocycles. The number of carbonyl (C=O) groups is 3. The molecule has 0 aliphatic carbocycles. The van der Waals surface area contributed by atoms with E-state index in [0.29, 0.717) is 0 Å². The second-order valence-corrected chi connectivity index (χ2v) is 4.14. The molecule has 0 bridgehead atoms. The van der Waals surface area contributed by atoms with Crippen LogP contribution in [0.4, 0.5) is 4.79 Å². The molecule has 8 heteroatoms. The van der Waals surface area contributed by atoms with Gasteiger partial charge in [0.05, 0.1) is 12.8 Å². The normalized spacial score (nSPS) is 17.5. The standard InChI is InChI=1S/C11H15N3O5/c1-4-18-8(15)7-6(5-13-14-10(12)17)11(2,3)19-9(7)16/h5H,4H2,1-3H3,(H3,12,14,17). The van der Waals surface area contributed by atoms with Crippen LogP contribution in [0.15, 0.2) is 16.2 Å². The van der Waals surface area contributed by atoms with Crippen LogP contribution in [0, 0.1) is 0 Å². The highest BCUT2D eigenvalue weighted by molar-refractivity contribution is 6.20. The minimum atomic E-state index is -1.04. The molecule has 2 amide bonds. The van der Waals surface area contributed by atoms with E-state index in [-0.39, 0.29) is 17.8 Å².